The molecule has 1 aromatic heterocycles. The number of amides is 1. The van der Waals surface area contributed by atoms with Crippen LogP contribution in [-0.2, 0) is 14.3 Å². The van der Waals surface area contributed by atoms with Crippen LogP contribution >= 0.6 is 0 Å². The average molecular weight is 373 g/mol. The maximum absolute atomic E-state index is 12.5. The molecule has 0 aliphatic carbocycles. The van der Waals surface area contributed by atoms with E-state index in [0.717, 1.165) is 11.1 Å². The number of hydrogen-bond donors (Lipinski definition) is 0. The summed E-state index contributed by atoms with van der Waals surface area (Å²) < 4.78 is 15.9. The molecule has 1 aliphatic heterocycles. The topological polar surface area (TPSA) is 86.1 Å². The lowest BCUT2D eigenvalue weighted by Crippen LogP contribution is -2.34. The minimum Gasteiger partial charge on any atom is -0.483 e. The Morgan fingerprint density at radius 3 is 2.67 bits per heavy atom. The van der Waals surface area contributed by atoms with E-state index in [9.17, 15) is 14.4 Å². The highest BCUT2D eigenvalue weighted by Crippen LogP contribution is 2.31. The van der Waals surface area contributed by atoms with Gasteiger partial charge in [-0.1, -0.05) is 0 Å². The number of carbonyl (C=O) groups excluding carboxylic acids is 2. The van der Waals surface area contributed by atoms with Crippen molar-refractivity contribution in [2.24, 2.45) is 5.92 Å². The van der Waals surface area contributed by atoms with Gasteiger partial charge in [0.05, 0.1) is 18.4 Å². The zero-order valence-electron chi connectivity index (χ0n) is 16.0. The van der Waals surface area contributed by atoms with Crippen LogP contribution in [0, 0.1) is 26.7 Å². The molecule has 1 atom stereocenters. The molecule has 7 nitrogen and oxygen atoms in total. The van der Waals surface area contributed by atoms with E-state index in [1.165, 1.54) is 7.11 Å². The molecule has 2 heterocycles. The van der Waals surface area contributed by atoms with Gasteiger partial charge in [-0.2, -0.15) is 0 Å². The van der Waals surface area contributed by atoms with Crippen LogP contribution in [0.1, 0.15) is 23.1 Å². The van der Waals surface area contributed by atoms with Crippen LogP contribution in [0.15, 0.2) is 21.3 Å². The van der Waals surface area contributed by atoms with Gasteiger partial charge in [0.1, 0.15) is 11.3 Å². The number of benzene rings is 1. The Labute approximate surface area is 156 Å². The third-order valence-corrected chi connectivity index (χ3v) is 5.08. The van der Waals surface area contributed by atoms with Crippen molar-refractivity contribution in [3.8, 4) is 5.75 Å². The second kappa shape index (κ2) is 7.42. The summed E-state index contributed by atoms with van der Waals surface area (Å²) >= 11 is 0. The predicted octanol–water partition coefficient (Wildman–Crippen LogP) is 2.12. The van der Waals surface area contributed by atoms with Crippen molar-refractivity contribution in [3.63, 3.8) is 0 Å². The third kappa shape index (κ3) is 3.67. The van der Waals surface area contributed by atoms with Gasteiger partial charge in [-0.05, 0) is 50.5 Å². The molecule has 1 aromatic carbocycles. The van der Waals surface area contributed by atoms with E-state index in [-0.39, 0.29) is 30.0 Å². The minimum absolute atomic E-state index is 0.149. The summed E-state index contributed by atoms with van der Waals surface area (Å²) in [5, 5.41) is 0.694. The lowest BCUT2D eigenvalue weighted by Gasteiger charge is -2.17. The van der Waals surface area contributed by atoms with Gasteiger partial charge in [-0.3, -0.25) is 9.59 Å². The number of rotatable bonds is 4. The molecule has 144 valence electrons. The first-order chi connectivity index (χ1) is 12.8. The van der Waals surface area contributed by atoms with Gasteiger partial charge in [-0.15, -0.1) is 0 Å². The quantitative estimate of drug-likeness (QED) is 0.603. The van der Waals surface area contributed by atoms with Crippen molar-refractivity contribution in [3.05, 3.63) is 39.2 Å². The summed E-state index contributed by atoms with van der Waals surface area (Å²) in [5.41, 5.74) is 2.22. The Bertz CT molecular complexity index is 961. The lowest BCUT2D eigenvalue weighted by atomic mass is 10.0. The molecule has 0 spiro atoms. The Hall–Kier alpha value is -2.83. The average Bonchev–Trinajstić information content (AvgIpc) is 3.13. The molecule has 0 saturated carbocycles. The van der Waals surface area contributed by atoms with Crippen LogP contribution in [0.4, 0.5) is 0 Å². The first-order valence-electron chi connectivity index (χ1n) is 8.85. The van der Waals surface area contributed by atoms with Gasteiger partial charge in [0, 0.05) is 18.7 Å². The summed E-state index contributed by atoms with van der Waals surface area (Å²) in [6.45, 7) is 6.10. The number of carbonyl (C=O) groups is 2. The number of aryl methyl sites for hydroxylation is 2. The fourth-order valence-corrected chi connectivity index (χ4v) is 3.38. The number of fused-ring (bicyclic) bond motifs is 1. The number of esters is 1. The molecule has 1 amide bonds. The van der Waals surface area contributed by atoms with Crippen LogP contribution in [0.3, 0.4) is 0 Å². The van der Waals surface area contributed by atoms with Crippen LogP contribution in [-0.4, -0.2) is 43.6 Å². The van der Waals surface area contributed by atoms with Crippen molar-refractivity contribution in [2.75, 3.05) is 26.8 Å². The minimum atomic E-state index is -0.376. The Kier molecular flexibility index (Phi) is 5.21. The predicted molar refractivity (Wildman–Crippen MR) is 98.9 cm³/mol. The number of hydrogen-bond acceptors (Lipinski definition) is 6. The molecule has 7 heteroatoms. The Balaban J connectivity index is 1.79. The highest BCUT2D eigenvalue weighted by atomic mass is 16.5. The zero-order valence-corrected chi connectivity index (χ0v) is 16.0. The summed E-state index contributed by atoms with van der Waals surface area (Å²) in [6.07, 6.45) is 0.593. The second-order valence-corrected chi connectivity index (χ2v) is 6.91. The third-order valence-electron chi connectivity index (χ3n) is 5.08. The molecule has 27 heavy (non-hydrogen) atoms. The zero-order chi connectivity index (χ0) is 19.7. The molecular weight excluding hydrogens is 350 g/mol. The van der Waals surface area contributed by atoms with E-state index in [4.69, 9.17) is 13.9 Å². The standard InChI is InChI=1S/C20H23NO6/c1-11-7-15(18-12(2)13(3)19(23)27-16(18)8-11)26-10-17(22)21-6-5-14(9-21)20(24)25-4/h7-8,14H,5-6,9-10H2,1-4H3. The summed E-state index contributed by atoms with van der Waals surface area (Å²) in [4.78, 5) is 37.6. The van der Waals surface area contributed by atoms with E-state index in [0.29, 0.717) is 41.8 Å². The van der Waals surface area contributed by atoms with Crippen LogP contribution in [0.5, 0.6) is 5.75 Å². The van der Waals surface area contributed by atoms with Crippen LogP contribution < -0.4 is 10.4 Å². The van der Waals surface area contributed by atoms with Crippen molar-refractivity contribution >= 4 is 22.8 Å². The number of methoxy groups -OCH3 is 1. The van der Waals surface area contributed by atoms with E-state index in [1.807, 2.05) is 19.9 Å². The summed E-state index contributed by atoms with van der Waals surface area (Å²) in [5.74, 6) is -0.260. The van der Waals surface area contributed by atoms with E-state index in [1.54, 1.807) is 17.9 Å². The molecule has 0 N–H and O–H groups in total. The molecule has 2 aromatic rings. The monoisotopic (exact) mass is 373 g/mol. The van der Waals surface area contributed by atoms with E-state index < -0.39 is 0 Å². The van der Waals surface area contributed by atoms with Gasteiger partial charge < -0.3 is 18.8 Å². The van der Waals surface area contributed by atoms with Crippen LogP contribution in [0.2, 0.25) is 0 Å². The fourth-order valence-electron chi connectivity index (χ4n) is 3.38. The number of nitrogens with zero attached hydrogens (tertiary/aromatic N) is 1. The first-order valence-corrected chi connectivity index (χ1v) is 8.85. The number of ether oxygens (including phenoxy) is 2. The van der Waals surface area contributed by atoms with Crippen LogP contribution in [0.25, 0.3) is 11.0 Å². The van der Waals surface area contributed by atoms with Crippen molar-refractivity contribution < 1.29 is 23.5 Å². The molecular formula is C20H23NO6. The van der Waals surface area contributed by atoms with Gasteiger partial charge in [0.2, 0.25) is 0 Å². The maximum atomic E-state index is 12.5. The molecule has 3 rings (SSSR count). The number of likely N-dealkylation sites (tertiary alicyclic amines) is 1. The molecule has 1 saturated heterocycles. The van der Waals surface area contributed by atoms with Gasteiger partial charge in [0.15, 0.2) is 6.61 Å². The van der Waals surface area contributed by atoms with E-state index >= 15 is 0 Å². The maximum Gasteiger partial charge on any atom is 0.339 e. The SMILES string of the molecule is COC(=O)C1CCN(C(=O)COc2cc(C)cc3oc(=O)c(C)c(C)c23)C1. The normalized spacial score (nSPS) is 16.6. The molecule has 1 fully saturated rings. The van der Waals surface area contributed by atoms with Gasteiger partial charge >= 0.3 is 11.6 Å². The Morgan fingerprint density at radius 2 is 1.96 bits per heavy atom. The lowest BCUT2D eigenvalue weighted by molar-refractivity contribution is -0.145. The molecule has 0 bridgehead atoms. The largest absolute Gasteiger partial charge is 0.483 e. The molecule has 1 unspecified atom stereocenters. The summed E-state index contributed by atoms with van der Waals surface area (Å²) in [6, 6.07) is 3.60. The first kappa shape index (κ1) is 18.9. The molecule has 1 aliphatic rings. The second-order valence-electron chi connectivity index (χ2n) is 6.91. The van der Waals surface area contributed by atoms with Gasteiger partial charge in [0.25, 0.3) is 5.91 Å². The smallest absolute Gasteiger partial charge is 0.339 e. The van der Waals surface area contributed by atoms with Crippen molar-refractivity contribution in [1.29, 1.82) is 0 Å². The van der Waals surface area contributed by atoms with Gasteiger partial charge in [-0.25, -0.2) is 4.79 Å². The van der Waals surface area contributed by atoms with Crippen molar-refractivity contribution in [1.82, 2.24) is 4.90 Å². The van der Waals surface area contributed by atoms with Crippen molar-refractivity contribution in [2.45, 2.75) is 27.2 Å². The fraction of sp³-hybridized carbons (Fsp3) is 0.450. The Morgan fingerprint density at radius 1 is 1.22 bits per heavy atom. The summed E-state index contributed by atoms with van der Waals surface area (Å²) in [7, 11) is 1.35. The van der Waals surface area contributed by atoms with E-state index in [2.05, 4.69) is 0 Å². The molecule has 0 radical (unpaired) electrons. The highest BCUT2D eigenvalue weighted by Gasteiger charge is 2.31. The highest BCUT2D eigenvalue weighted by molar-refractivity contribution is 5.89.